The van der Waals surface area contributed by atoms with Crippen LogP contribution in [0.15, 0.2) is 72.9 Å². The van der Waals surface area contributed by atoms with Crippen molar-refractivity contribution in [1.29, 1.82) is 0 Å². The molecule has 0 aromatic heterocycles. The molecule has 0 spiro atoms. The fourth-order valence-corrected chi connectivity index (χ4v) is 8.72. The van der Waals surface area contributed by atoms with Crippen LogP contribution in [-0.4, -0.2) is 87.4 Å². The number of carbonyl (C=O) groups excluding carboxylic acids is 2. The highest BCUT2D eigenvalue weighted by atomic mass is 16.7. The summed E-state index contributed by atoms with van der Waals surface area (Å²) in [6.45, 7) is 4.79. The Morgan fingerprint density at radius 1 is 0.413 bits per heavy atom. The maximum atomic E-state index is 12.9. The summed E-state index contributed by atoms with van der Waals surface area (Å²) in [7, 11) is 5.97. The Kier molecular flexibility index (Phi) is 54.4. The Balaban J connectivity index is 4.08. The average molecular weight is 1050 g/mol. The van der Waals surface area contributed by atoms with Crippen LogP contribution in [0.2, 0.25) is 0 Å². The number of quaternary nitrogens is 1. The van der Waals surface area contributed by atoms with Gasteiger partial charge in [0.2, 0.25) is 0 Å². The molecule has 0 radical (unpaired) electrons. The smallest absolute Gasteiger partial charge is 0.361 e. The largest absolute Gasteiger partial charge is 0.477 e. The minimum atomic E-state index is -1.51. The zero-order valence-corrected chi connectivity index (χ0v) is 49.4. The summed E-state index contributed by atoms with van der Waals surface area (Å²) in [5.41, 5.74) is 0. The first-order chi connectivity index (χ1) is 36.6. The number of carboxylic acid groups (broad SMARTS) is 1. The molecule has 2 atom stereocenters. The molecule has 0 aliphatic carbocycles. The molecule has 1 N–H and O–H groups in total. The summed E-state index contributed by atoms with van der Waals surface area (Å²) in [4.78, 5) is 37.4. The standard InChI is InChI=1S/C66H117NO8/c1-6-8-10-12-14-16-18-20-22-23-24-25-26-27-28-29-30-31-32-33-34-35-36-37-38-39-40-41-43-45-47-49-51-53-55-57-64(69)75-62(61-74-66(65(70)71)72-59-58-67(3,4)5)60-73-63(68)56-54-52-50-48-46-44-42-21-19-17-15-13-11-9-7-2/h8,10,14,16,20,22,24-25,27-28,30-31,62,66H,6-7,9,11-13,15,17-19,21,23,26,29,32-61H2,1-5H3/p+1/b10-8-,16-14-,22-20-,25-24-,28-27-,31-30-. The van der Waals surface area contributed by atoms with Gasteiger partial charge in [-0.25, -0.2) is 4.79 Å². The van der Waals surface area contributed by atoms with Gasteiger partial charge in [0.05, 0.1) is 34.4 Å². The van der Waals surface area contributed by atoms with E-state index in [1.165, 1.54) is 167 Å². The van der Waals surface area contributed by atoms with Crippen molar-refractivity contribution in [3.63, 3.8) is 0 Å². The van der Waals surface area contributed by atoms with Crippen molar-refractivity contribution in [3.05, 3.63) is 72.9 Å². The summed E-state index contributed by atoms with van der Waals surface area (Å²) in [6, 6.07) is 0. The van der Waals surface area contributed by atoms with E-state index < -0.39 is 24.3 Å². The summed E-state index contributed by atoms with van der Waals surface area (Å²) in [5, 5.41) is 9.71. The van der Waals surface area contributed by atoms with Gasteiger partial charge in [-0.15, -0.1) is 0 Å². The third-order valence-electron chi connectivity index (χ3n) is 13.5. The molecule has 9 heteroatoms. The second kappa shape index (κ2) is 56.9. The van der Waals surface area contributed by atoms with E-state index in [0.29, 0.717) is 17.4 Å². The number of unbranched alkanes of at least 4 members (excludes halogenated alkanes) is 30. The zero-order valence-electron chi connectivity index (χ0n) is 49.4. The molecule has 0 saturated heterocycles. The molecular weight excluding hydrogens is 935 g/mol. The van der Waals surface area contributed by atoms with Crippen molar-refractivity contribution in [3.8, 4) is 0 Å². The lowest BCUT2D eigenvalue weighted by Crippen LogP contribution is -2.40. The van der Waals surface area contributed by atoms with Gasteiger partial charge in [-0.2, -0.15) is 0 Å². The average Bonchev–Trinajstić information content (AvgIpc) is 3.38. The van der Waals surface area contributed by atoms with E-state index >= 15 is 0 Å². The van der Waals surface area contributed by atoms with Gasteiger partial charge in [0.1, 0.15) is 13.2 Å². The Bertz CT molecular complexity index is 1460. The molecule has 0 aromatic rings. The van der Waals surface area contributed by atoms with Crippen molar-refractivity contribution in [1.82, 2.24) is 0 Å². The molecule has 0 aromatic carbocycles. The summed E-state index contributed by atoms with van der Waals surface area (Å²) in [6.07, 6.45) is 71.4. The topological polar surface area (TPSA) is 108 Å². The summed E-state index contributed by atoms with van der Waals surface area (Å²) < 4.78 is 22.9. The zero-order chi connectivity index (χ0) is 54.8. The quantitative estimate of drug-likeness (QED) is 0.0211. The SMILES string of the molecule is CC/C=C\C/C=C\C/C=C\C/C=C\C/C=C\C/C=C\CCCCCCCCCCCCCCCCCCC(=O)OC(COC(=O)CCCCCCCCCCCCCCCCC)COC(OCC[N+](C)(C)C)C(=O)O. The fourth-order valence-electron chi connectivity index (χ4n) is 8.72. The number of hydrogen-bond acceptors (Lipinski definition) is 7. The van der Waals surface area contributed by atoms with Crippen molar-refractivity contribution < 1.29 is 42.9 Å². The van der Waals surface area contributed by atoms with E-state index in [-0.39, 0.29) is 32.2 Å². The molecule has 0 rings (SSSR count). The number of nitrogens with zero attached hydrogens (tertiary/aromatic N) is 1. The number of likely N-dealkylation sites (N-methyl/N-ethyl adjacent to an activating group) is 1. The van der Waals surface area contributed by atoms with Crippen molar-refractivity contribution in [2.24, 2.45) is 0 Å². The number of carbonyl (C=O) groups is 3. The minimum absolute atomic E-state index is 0.179. The lowest BCUT2D eigenvalue weighted by atomic mass is 10.0. The highest BCUT2D eigenvalue weighted by molar-refractivity contribution is 5.71. The van der Waals surface area contributed by atoms with Crippen molar-refractivity contribution >= 4 is 17.9 Å². The van der Waals surface area contributed by atoms with Gasteiger partial charge in [0.15, 0.2) is 6.10 Å². The van der Waals surface area contributed by atoms with Gasteiger partial charge >= 0.3 is 17.9 Å². The normalized spacial score (nSPS) is 13.2. The van der Waals surface area contributed by atoms with Crippen LogP contribution in [0.3, 0.4) is 0 Å². The van der Waals surface area contributed by atoms with Crippen molar-refractivity contribution in [2.75, 3.05) is 47.5 Å². The van der Waals surface area contributed by atoms with Gasteiger partial charge in [0, 0.05) is 12.8 Å². The number of rotatable bonds is 57. The van der Waals surface area contributed by atoms with Crippen LogP contribution in [0.4, 0.5) is 0 Å². The van der Waals surface area contributed by atoms with Crippen LogP contribution >= 0.6 is 0 Å². The van der Waals surface area contributed by atoms with Crippen LogP contribution in [0.25, 0.3) is 0 Å². The van der Waals surface area contributed by atoms with Crippen LogP contribution in [0.1, 0.15) is 271 Å². The van der Waals surface area contributed by atoms with E-state index in [1.54, 1.807) is 0 Å². The Morgan fingerprint density at radius 3 is 1.13 bits per heavy atom. The highest BCUT2D eigenvalue weighted by Gasteiger charge is 2.25. The number of aliphatic carboxylic acids is 1. The van der Waals surface area contributed by atoms with Crippen LogP contribution in [-0.2, 0) is 33.3 Å². The Hall–Kier alpha value is -3.27. The maximum Gasteiger partial charge on any atom is 0.361 e. The van der Waals surface area contributed by atoms with Gasteiger partial charge < -0.3 is 28.5 Å². The highest BCUT2D eigenvalue weighted by Crippen LogP contribution is 2.17. The molecule has 75 heavy (non-hydrogen) atoms. The van der Waals surface area contributed by atoms with Crippen molar-refractivity contribution in [2.45, 2.75) is 283 Å². The molecule has 0 saturated carbocycles. The first kappa shape index (κ1) is 71.7. The molecule has 434 valence electrons. The number of hydrogen-bond donors (Lipinski definition) is 1. The first-order valence-corrected chi connectivity index (χ1v) is 31.1. The molecule has 0 fully saturated rings. The van der Waals surface area contributed by atoms with Gasteiger partial charge in [-0.3, -0.25) is 9.59 Å². The number of ether oxygens (including phenoxy) is 4. The van der Waals surface area contributed by atoms with Gasteiger partial charge in [-0.1, -0.05) is 267 Å². The molecule has 0 heterocycles. The van der Waals surface area contributed by atoms with Crippen LogP contribution in [0, 0.1) is 0 Å². The fraction of sp³-hybridized carbons (Fsp3) is 0.773. The third-order valence-corrected chi connectivity index (χ3v) is 13.5. The second-order valence-corrected chi connectivity index (χ2v) is 22.0. The molecule has 0 amide bonds. The molecule has 9 nitrogen and oxygen atoms in total. The number of allylic oxidation sites excluding steroid dienone is 12. The van der Waals surface area contributed by atoms with Crippen LogP contribution < -0.4 is 0 Å². The second-order valence-electron chi connectivity index (χ2n) is 22.0. The van der Waals surface area contributed by atoms with E-state index in [9.17, 15) is 19.5 Å². The first-order valence-electron chi connectivity index (χ1n) is 31.1. The Morgan fingerprint density at radius 2 is 0.760 bits per heavy atom. The molecule has 2 unspecified atom stereocenters. The van der Waals surface area contributed by atoms with E-state index in [4.69, 9.17) is 18.9 Å². The predicted octanol–water partition coefficient (Wildman–Crippen LogP) is 18.6. The Labute approximate surface area is 462 Å². The van der Waals surface area contributed by atoms with Gasteiger partial charge in [0.25, 0.3) is 6.29 Å². The minimum Gasteiger partial charge on any atom is -0.477 e. The molecule has 0 bridgehead atoms. The summed E-state index contributed by atoms with van der Waals surface area (Å²) in [5.74, 6) is -1.99. The molecule has 0 aliphatic heterocycles. The molecule has 0 aliphatic rings. The molecular formula is C66H118NO8+. The van der Waals surface area contributed by atoms with E-state index in [0.717, 1.165) is 77.0 Å². The number of carboxylic acids is 1. The van der Waals surface area contributed by atoms with Gasteiger partial charge in [-0.05, 0) is 64.2 Å². The monoisotopic (exact) mass is 1050 g/mol. The van der Waals surface area contributed by atoms with E-state index in [1.807, 2.05) is 21.1 Å². The third kappa shape index (κ3) is 58.3. The number of esters is 2. The lowest BCUT2D eigenvalue weighted by Gasteiger charge is -2.25. The maximum absolute atomic E-state index is 12.9. The lowest BCUT2D eigenvalue weighted by molar-refractivity contribution is -0.870. The van der Waals surface area contributed by atoms with Crippen LogP contribution in [0.5, 0.6) is 0 Å². The van der Waals surface area contributed by atoms with E-state index in [2.05, 4.69) is 86.8 Å². The summed E-state index contributed by atoms with van der Waals surface area (Å²) >= 11 is 0. The predicted molar refractivity (Wildman–Crippen MR) is 318 cm³/mol.